The van der Waals surface area contributed by atoms with Crippen molar-refractivity contribution in [2.75, 3.05) is 5.32 Å². The van der Waals surface area contributed by atoms with E-state index in [1.165, 1.54) is 26.0 Å². The van der Waals surface area contributed by atoms with Crippen LogP contribution in [-0.4, -0.2) is 23.8 Å². The number of ketones is 1. The molecule has 0 aliphatic rings. The van der Waals surface area contributed by atoms with Crippen molar-refractivity contribution in [3.63, 3.8) is 0 Å². The highest BCUT2D eigenvalue weighted by molar-refractivity contribution is 6.30. The Kier molecular flexibility index (Phi) is 5.71. The first kappa shape index (κ1) is 17.7. The summed E-state index contributed by atoms with van der Waals surface area (Å²) in [5.41, 5.74) is 1.25. The molecule has 124 valence electrons. The van der Waals surface area contributed by atoms with Crippen molar-refractivity contribution in [1.29, 1.82) is 0 Å². The van der Waals surface area contributed by atoms with Crippen LogP contribution in [-0.2, 0) is 9.53 Å². The second-order valence-corrected chi connectivity index (χ2v) is 5.62. The molecule has 1 atom stereocenters. The van der Waals surface area contributed by atoms with Crippen molar-refractivity contribution < 1.29 is 19.1 Å². The molecule has 0 saturated carbocycles. The van der Waals surface area contributed by atoms with Crippen molar-refractivity contribution in [3.05, 3.63) is 64.7 Å². The van der Waals surface area contributed by atoms with Crippen LogP contribution in [0.15, 0.2) is 48.5 Å². The molecule has 0 aliphatic heterocycles. The first-order valence-electron chi connectivity index (χ1n) is 7.25. The SMILES string of the molecule is CC(=O)c1cccc(NC(=O)[C@@H](C)OC(=O)c2ccc(Cl)cc2)c1. The third kappa shape index (κ3) is 4.67. The van der Waals surface area contributed by atoms with Gasteiger partial charge in [-0.3, -0.25) is 9.59 Å². The number of nitrogens with one attached hydrogen (secondary N) is 1. The molecule has 0 fully saturated rings. The Bertz CT molecular complexity index is 771. The summed E-state index contributed by atoms with van der Waals surface area (Å²) in [5, 5.41) is 3.12. The van der Waals surface area contributed by atoms with E-state index < -0.39 is 18.0 Å². The zero-order valence-corrected chi connectivity index (χ0v) is 14.0. The smallest absolute Gasteiger partial charge is 0.338 e. The Labute approximate surface area is 144 Å². The lowest BCUT2D eigenvalue weighted by Crippen LogP contribution is -2.30. The summed E-state index contributed by atoms with van der Waals surface area (Å²) in [6, 6.07) is 12.7. The molecule has 0 saturated heterocycles. The van der Waals surface area contributed by atoms with Crippen molar-refractivity contribution in [2.45, 2.75) is 20.0 Å². The van der Waals surface area contributed by atoms with Crippen molar-refractivity contribution in [3.8, 4) is 0 Å². The molecule has 1 amide bonds. The number of hydrogen-bond acceptors (Lipinski definition) is 4. The maximum atomic E-state index is 12.1. The fourth-order valence-corrected chi connectivity index (χ4v) is 2.05. The third-order valence-corrected chi connectivity index (χ3v) is 3.52. The summed E-state index contributed by atoms with van der Waals surface area (Å²) in [7, 11) is 0. The van der Waals surface area contributed by atoms with Crippen LogP contribution in [0.5, 0.6) is 0 Å². The summed E-state index contributed by atoms with van der Waals surface area (Å²) in [4.78, 5) is 35.4. The second kappa shape index (κ2) is 7.75. The van der Waals surface area contributed by atoms with Gasteiger partial charge < -0.3 is 10.1 Å². The van der Waals surface area contributed by atoms with Gasteiger partial charge in [0, 0.05) is 16.3 Å². The summed E-state index contributed by atoms with van der Waals surface area (Å²) < 4.78 is 5.13. The van der Waals surface area contributed by atoms with Crippen molar-refractivity contribution in [2.24, 2.45) is 0 Å². The molecule has 6 heteroatoms. The molecule has 24 heavy (non-hydrogen) atoms. The van der Waals surface area contributed by atoms with Gasteiger partial charge in [-0.1, -0.05) is 23.7 Å². The predicted molar refractivity (Wildman–Crippen MR) is 91.4 cm³/mol. The molecule has 1 N–H and O–H groups in total. The number of rotatable bonds is 5. The van der Waals surface area contributed by atoms with Crippen LogP contribution < -0.4 is 5.32 Å². The Morgan fingerprint density at radius 3 is 2.33 bits per heavy atom. The number of anilines is 1. The highest BCUT2D eigenvalue weighted by Gasteiger charge is 2.19. The number of carbonyl (C=O) groups excluding carboxylic acids is 3. The van der Waals surface area contributed by atoms with Crippen LogP contribution in [0.4, 0.5) is 5.69 Å². The van der Waals surface area contributed by atoms with Crippen molar-refractivity contribution in [1.82, 2.24) is 0 Å². The topological polar surface area (TPSA) is 72.5 Å². The number of halogens is 1. The van der Waals surface area contributed by atoms with E-state index in [4.69, 9.17) is 16.3 Å². The van der Waals surface area contributed by atoms with E-state index in [9.17, 15) is 14.4 Å². The predicted octanol–water partition coefficient (Wildman–Crippen LogP) is 3.73. The second-order valence-electron chi connectivity index (χ2n) is 5.18. The van der Waals surface area contributed by atoms with Crippen LogP contribution in [0.2, 0.25) is 5.02 Å². The van der Waals surface area contributed by atoms with Gasteiger partial charge in [-0.25, -0.2) is 4.79 Å². The van der Waals surface area contributed by atoms with Crippen LogP contribution in [0.3, 0.4) is 0 Å². The Hall–Kier alpha value is -2.66. The maximum absolute atomic E-state index is 12.1. The van der Waals surface area contributed by atoms with Gasteiger partial charge in [0.15, 0.2) is 11.9 Å². The molecule has 0 aromatic heterocycles. The van der Waals surface area contributed by atoms with E-state index in [-0.39, 0.29) is 5.78 Å². The number of ether oxygens (including phenoxy) is 1. The number of hydrogen-bond donors (Lipinski definition) is 1. The van der Waals surface area contributed by atoms with E-state index in [0.29, 0.717) is 21.8 Å². The van der Waals surface area contributed by atoms with Crippen LogP contribution in [0, 0.1) is 0 Å². The molecule has 2 aromatic carbocycles. The molecule has 0 aliphatic carbocycles. The monoisotopic (exact) mass is 345 g/mol. The van der Waals surface area contributed by atoms with Gasteiger partial charge in [0.2, 0.25) is 0 Å². The molecular weight excluding hydrogens is 330 g/mol. The Balaban J connectivity index is 1.99. The van der Waals surface area contributed by atoms with Gasteiger partial charge in [0.25, 0.3) is 5.91 Å². The van der Waals surface area contributed by atoms with E-state index in [0.717, 1.165) is 0 Å². The highest BCUT2D eigenvalue weighted by Crippen LogP contribution is 2.14. The highest BCUT2D eigenvalue weighted by atomic mass is 35.5. The van der Waals surface area contributed by atoms with E-state index in [2.05, 4.69) is 5.32 Å². The molecule has 0 spiro atoms. The number of benzene rings is 2. The van der Waals surface area contributed by atoms with E-state index in [1.54, 1.807) is 36.4 Å². The minimum Gasteiger partial charge on any atom is -0.449 e. The molecular formula is C18H16ClNO4. The quantitative estimate of drug-likeness (QED) is 0.662. The molecule has 0 heterocycles. The maximum Gasteiger partial charge on any atom is 0.338 e. The summed E-state index contributed by atoms with van der Waals surface area (Å²) >= 11 is 5.76. The molecule has 2 aromatic rings. The lowest BCUT2D eigenvalue weighted by molar-refractivity contribution is -0.123. The number of carbonyl (C=O) groups is 3. The minimum atomic E-state index is -0.992. The fourth-order valence-electron chi connectivity index (χ4n) is 1.93. The Morgan fingerprint density at radius 2 is 1.71 bits per heavy atom. The van der Waals surface area contributed by atoms with Gasteiger partial charge in [-0.2, -0.15) is 0 Å². The Morgan fingerprint density at radius 1 is 1.04 bits per heavy atom. The summed E-state index contributed by atoms with van der Waals surface area (Å²) in [5.74, 6) is -1.21. The van der Waals surface area contributed by atoms with Crippen LogP contribution in [0.1, 0.15) is 34.6 Å². The van der Waals surface area contributed by atoms with E-state index in [1.807, 2.05) is 0 Å². The van der Waals surface area contributed by atoms with Crippen LogP contribution in [0.25, 0.3) is 0 Å². The number of amides is 1. The normalized spacial score (nSPS) is 11.5. The van der Waals surface area contributed by atoms with Crippen molar-refractivity contribution >= 4 is 34.9 Å². The largest absolute Gasteiger partial charge is 0.449 e. The number of Topliss-reactive ketones (excluding diaryl/α,β-unsaturated/α-hetero) is 1. The van der Waals surface area contributed by atoms with Gasteiger partial charge >= 0.3 is 5.97 Å². The lowest BCUT2D eigenvalue weighted by atomic mass is 10.1. The summed E-state index contributed by atoms with van der Waals surface area (Å²) in [6.07, 6.45) is -0.992. The third-order valence-electron chi connectivity index (χ3n) is 3.27. The number of esters is 1. The van der Waals surface area contributed by atoms with Gasteiger partial charge in [-0.05, 0) is 50.2 Å². The average molecular weight is 346 g/mol. The fraction of sp³-hybridized carbons (Fsp3) is 0.167. The molecule has 2 rings (SSSR count). The zero-order chi connectivity index (χ0) is 17.7. The average Bonchev–Trinajstić information content (AvgIpc) is 2.55. The molecule has 0 unspecified atom stereocenters. The standard InChI is InChI=1S/C18H16ClNO4/c1-11(21)14-4-3-5-16(10-14)20-17(22)12(2)24-18(23)13-6-8-15(19)9-7-13/h3-10,12H,1-2H3,(H,20,22)/t12-/m1/s1. The minimum absolute atomic E-state index is 0.103. The molecule has 0 radical (unpaired) electrons. The van der Waals surface area contributed by atoms with Gasteiger partial charge in [0.1, 0.15) is 0 Å². The summed E-state index contributed by atoms with van der Waals surface area (Å²) in [6.45, 7) is 2.91. The molecule has 5 nitrogen and oxygen atoms in total. The zero-order valence-electron chi connectivity index (χ0n) is 13.2. The first-order valence-corrected chi connectivity index (χ1v) is 7.63. The van der Waals surface area contributed by atoms with Gasteiger partial charge in [-0.15, -0.1) is 0 Å². The van der Waals surface area contributed by atoms with E-state index >= 15 is 0 Å². The van der Waals surface area contributed by atoms with Gasteiger partial charge in [0.05, 0.1) is 5.56 Å². The van der Waals surface area contributed by atoms with Crippen LogP contribution >= 0.6 is 11.6 Å². The lowest BCUT2D eigenvalue weighted by Gasteiger charge is -2.14. The molecule has 0 bridgehead atoms. The first-order chi connectivity index (χ1) is 11.4.